The highest BCUT2D eigenvalue weighted by molar-refractivity contribution is 7.99. The third-order valence-electron chi connectivity index (χ3n) is 2.09. The molecule has 0 spiro atoms. The van der Waals surface area contributed by atoms with Crippen LogP contribution in [-0.4, -0.2) is 41.0 Å². The summed E-state index contributed by atoms with van der Waals surface area (Å²) < 4.78 is 6.64. The molecule has 5 nitrogen and oxygen atoms in total. The van der Waals surface area contributed by atoms with Crippen molar-refractivity contribution in [3.05, 3.63) is 12.4 Å². The molecule has 0 aliphatic heterocycles. The highest BCUT2D eigenvalue weighted by Gasteiger charge is 2.18. The number of hydrogen-bond acceptors (Lipinski definition) is 5. The minimum Gasteiger partial charge on any atom is -0.468 e. The van der Waals surface area contributed by atoms with Crippen molar-refractivity contribution in [1.29, 1.82) is 0 Å². The van der Waals surface area contributed by atoms with Gasteiger partial charge in [0.2, 0.25) is 0 Å². The molecule has 0 aliphatic rings. The van der Waals surface area contributed by atoms with E-state index in [0.717, 1.165) is 11.7 Å². The van der Waals surface area contributed by atoms with Crippen LogP contribution in [0.3, 0.4) is 0 Å². The first-order valence-electron chi connectivity index (χ1n) is 5.10. The maximum absolute atomic E-state index is 11.4. The number of methoxy groups -OCH3 is 1. The lowest BCUT2D eigenvalue weighted by molar-refractivity contribution is -0.142. The Morgan fingerprint density at radius 3 is 3.00 bits per heavy atom. The number of aromatic nitrogens is 2. The molecule has 0 saturated heterocycles. The molecule has 0 aliphatic carbocycles. The fourth-order valence-electron chi connectivity index (χ4n) is 1.25. The van der Waals surface area contributed by atoms with E-state index in [0.29, 0.717) is 5.75 Å². The van der Waals surface area contributed by atoms with E-state index in [1.54, 1.807) is 6.20 Å². The van der Waals surface area contributed by atoms with Gasteiger partial charge in [-0.15, -0.1) is 0 Å². The van der Waals surface area contributed by atoms with Crippen molar-refractivity contribution in [1.82, 2.24) is 14.9 Å². The molecule has 16 heavy (non-hydrogen) atoms. The van der Waals surface area contributed by atoms with Crippen LogP contribution in [0, 0.1) is 0 Å². The number of carbonyl (C=O) groups excluding carboxylic acids is 1. The molecule has 1 rings (SSSR count). The van der Waals surface area contributed by atoms with Crippen molar-refractivity contribution in [3.63, 3.8) is 0 Å². The molecule has 90 valence electrons. The summed E-state index contributed by atoms with van der Waals surface area (Å²) in [5.41, 5.74) is 0. The van der Waals surface area contributed by atoms with Gasteiger partial charge < -0.3 is 14.6 Å². The van der Waals surface area contributed by atoms with Crippen LogP contribution in [0.5, 0.6) is 0 Å². The maximum Gasteiger partial charge on any atom is 0.323 e. The Labute approximate surface area is 99.6 Å². The predicted molar refractivity (Wildman–Crippen MR) is 63.4 cm³/mol. The Hall–Kier alpha value is -1.01. The summed E-state index contributed by atoms with van der Waals surface area (Å²) in [7, 11) is 3.33. The quantitative estimate of drug-likeness (QED) is 0.587. The monoisotopic (exact) mass is 243 g/mol. The predicted octanol–water partition coefficient (Wildman–Crippen LogP) is 0.663. The van der Waals surface area contributed by atoms with E-state index in [1.807, 2.05) is 24.7 Å². The molecule has 0 aromatic carbocycles. The van der Waals surface area contributed by atoms with E-state index in [1.165, 1.54) is 18.9 Å². The topological polar surface area (TPSA) is 56.2 Å². The second-order valence-electron chi connectivity index (χ2n) is 3.27. The van der Waals surface area contributed by atoms with Crippen molar-refractivity contribution >= 4 is 17.7 Å². The standard InChI is InChI=1S/C10H17N3O2S/c1-4-11-8(9(14)15-3)7-16-10-12-5-6-13(10)2/h5-6,8,11H,4,7H2,1-3H3. The van der Waals surface area contributed by atoms with Crippen LogP contribution >= 0.6 is 11.8 Å². The van der Waals surface area contributed by atoms with Crippen molar-refractivity contribution in [2.24, 2.45) is 7.05 Å². The molecular formula is C10H17N3O2S. The Morgan fingerprint density at radius 2 is 2.50 bits per heavy atom. The van der Waals surface area contributed by atoms with Gasteiger partial charge in [0, 0.05) is 25.2 Å². The van der Waals surface area contributed by atoms with Crippen LogP contribution < -0.4 is 5.32 Å². The number of ether oxygens (including phenoxy) is 1. The summed E-state index contributed by atoms with van der Waals surface area (Å²) in [6.45, 7) is 2.70. The lowest BCUT2D eigenvalue weighted by Gasteiger charge is -2.14. The summed E-state index contributed by atoms with van der Waals surface area (Å²) in [6.07, 6.45) is 3.62. The Morgan fingerprint density at radius 1 is 1.75 bits per heavy atom. The summed E-state index contributed by atoms with van der Waals surface area (Å²) in [6, 6.07) is -0.281. The third kappa shape index (κ3) is 3.53. The molecule has 1 aromatic heterocycles. The van der Waals surface area contributed by atoms with Crippen LogP contribution in [0.4, 0.5) is 0 Å². The molecule has 0 bridgehead atoms. The number of aryl methyl sites for hydroxylation is 1. The number of carbonyl (C=O) groups is 1. The molecule has 1 atom stereocenters. The third-order valence-corrected chi connectivity index (χ3v) is 3.24. The maximum atomic E-state index is 11.4. The Kier molecular flexibility index (Phi) is 5.34. The minimum atomic E-state index is -0.281. The molecule has 1 unspecified atom stereocenters. The summed E-state index contributed by atoms with van der Waals surface area (Å²) in [4.78, 5) is 15.6. The van der Waals surface area contributed by atoms with E-state index in [-0.39, 0.29) is 12.0 Å². The first-order valence-corrected chi connectivity index (χ1v) is 6.09. The highest BCUT2D eigenvalue weighted by atomic mass is 32.2. The van der Waals surface area contributed by atoms with Gasteiger partial charge in [-0.1, -0.05) is 18.7 Å². The number of nitrogens with one attached hydrogen (secondary N) is 1. The first kappa shape index (κ1) is 13.1. The average molecular weight is 243 g/mol. The lowest BCUT2D eigenvalue weighted by atomic mass is 10.3. The average Bonchev–Trinajstić information content (AvgIpc) is 2.69. The van der Waals surface area contributed by atoms with Gasteiger partial charge in [0.05, 0.1) is 7.11 Å². The molecule has 1 N–H and O–H groups in total. The van der Waals surface area contributed by atoms with E-state index >= 15 is 0 Å². The minimum absolute atomic E-state index is 0.233. The molecule has 1 heterocycles. The Bertz CT molecular complexity index is 341. The smallest absolute Gasteiger partial charge is 0.323 e. The van der Waals surface area contributed by atoms with E-state index in [2.05, 4.69) is 10.3 Å². The number of imidazole rings is 1. The van der Waals surface area contributed by atoms with Crippen LogP contribution in [0.1, 0.15) is 6.92 Å². The van der Waals surface area contributed by atoms with Gasteiger partial charge in [-0.3, -0.25) is 4.79 Å². The van der Waals surface area contributed by atoms with Crippen LogP contribution in [0.15, 0.2) is 17.6 Å². The van der Waals surface area contributed by atoms with E-state index in [9.17, 15) is 4.79 Å². The number of esters is 1. The van der Waals surface area contributed by atoms with Gasteiger partial charge in [-0.25, -0.2) is 4.98 Å². The molecule has 0 radical (unpaired) electrons. The van der Waals surface area contributed by atoms with E-state index in [4.69, 9.17) is 4.74 Å². The number of likely N-dealkylation sites (N-methyl/N-ethyl adjacent to an activating group) is 1. The summed E-state index contributed by atoms with van der Waals surface area (Å²) >= 11 is 1.53. The highest BCUT2D eigenvalue weighted by Crippen LogP contribution is 2.15. The molecule has 0 amide bonds. The van der Waals surface area contributed by atoms with E-state index < -0.39 is 0 Å². The number of thioether (sulfide) groups is 1. The second kappa shape index (κ2) is 6.55. The van der Waals surface area contributed by atoms with Gasteiger partial charge in [0.25, 0.3) is 0 Å². The van der Waals surface area contributed by atoms with Gasteiger partial charge in [0.1, 0.15) is 6.04 Å². The van der Waals surface area contributed by atoms with Crippen molar-refractivity contribution < 1.29 is 9.53 Å². The van der Waals surface area contributed by atoms with Crippen molar-refractivity contribution in [3.8, 4) is 0 Å². The van der Waals surface area contributed by atoms with Crippen molar-refractivity contribution in [2.45, 2.75) is 18.1 Å². The molecular weight excluding hydrogens is 226 g/mol. The normalized spacial score (nSPS) is 12.4. The lowest BCUT2D eigenvalue weighted by Crippen LogP contribution is -2.39. The molecule has 0 fully saturated rings. The largest absolute Gasteiger partial charge is 0.468 e. The SMILES string of the molecule is CCNC(CSc1nccn1C)C(=O)OC. The first-order chi connectivity index (χ1) is 7.69. The summed E-state index contributed by atoms with van der Waals surface area (Å²) in [5, 5.41) is 3.98. The van der Waals surface area contributed by atoms with Crippen LogP contribution in [0.25, 0.3) is 0 Å². The number of nitrogens with zero attached hydrogens (tertiary/aromatic N) is 2. The fraction of sp³-hybridized carbons (Fsp3) is 0.600. The van der Waals surface area contributed by atoms with Crippen molar-refractivity contribution in [2.75, 3.05) is 19.4 Å². The van der Waals surface area contributed by atoms with Gasteiger partial charge in [-0.05, 0) is 6.54 Å². The zero-order valence-corrected chi connectivity index (χ0v) is 10.6. The van der Waals surface area contributed by atoms with Gasteiger partial charge in [0.15, 0.2) is 5.16 Å². The molecule has 0 saturated carbocycles. The summed E-state index contributed by atoms with van der Waals surface area (Å²) in [5.74, 6) is 0.384. The number of hydrogen-bond donors (Lipinski definition) is 1. The second-order valence-corrected chi connectivity index (χ2v) is 4.25. The van der Waals surface area contributed by atoms with Gasteiger partial charge >= 0.3 is 5.97 Å². The Balaban J connectivity index is 2.50. The molecule has 6 heteroatoms. The van der Waals surface area contributed by atoms with Gasteiger partial charge in [-0.2, -0.15) is 0 Å². The van der Waals surface area contributed by atoms with Crippen LogP contribution in [-0.2, 0) is 16.6 Å². The molecule has 1 aromatic rings. The zero-order chi connectivity index (χ0) is 12.0. The number of rotatable bonds is 6. The fourth-order valence-corrected chi connectivity index (χ4v) is 2.22. The van der Waals surface area contributed by atoms with Crippen LogP contribution in [0.2, 0.25) is 0 Å². The zero-order valence-electron chi connectivity index (χ0n) is 9.77.